The lowest BCUT2D eigenvalue weighted by Crippen LogP contribution is -2.34. The van der Waals surface area contributed by atoms with Crippen molar-refractivity contribution in [3.8, 4) is 12.3 Å². The molecule has 0 radical (unpaired) electrons. The Hall–Kier alpha value is -2.27. The summed E-state index contributed by atoms with van der Waals surface area (Å²) in [7, 11) is 0. The lowest BCUT2D eigenvalue weighted by molar-refractivity contribution is -0.195. The first-order valence-corrected chi connectivity index (χ1v) is 7.71. The molecule has 4 rings (SSSR count). The maximum atomic E-state index is 12.1. The van der Waals surface area contributed by atoms with Gasteiger partial charge in [-0.2, -0.15) is 0 Å². The number of fused-ring (bicyclic) bond motifs is 2. The van der Waals surface area contributed by atoms with E-state index in [1.165, 1.54) is 6.33 Å². The molecule has 2 saturated heterocycles. The van der Waals surface area contributed by atoms with Gasteiger partial charge >= 0.3 is 0 Å². The minimum Gasteiger partial charge on any atom is -0.341 e. The Balaban J connectivity index is 1.78. The molecule has 0 spiro atoms. The number of ketones is 1. The fourth-order valence-electron chi connectivity index (χ4n) is 3.40. The van der Waals surface area contributed by atoms with E-state index < -0.39 is 36.1 Å². The Bertz CT molecular complexity index is 866. The summed E-state index contributed by atoms with van der Waals surface area (Å²) in [6.45, 7) is 5.52. The lowest BCUT2D eigenvalue weighted by Gasteiger charge is -2.24. The molecule has 2 fully saturated rings. The number of Topliss-reactive ketones (excluding diaryl/α,β-unsaturated/α-hetero) is 1. The minimum absolute atomic E-state index is 0.448. The summed E-state index contributed by atoms with van der Waals surface area (Å²) in [5.74, 6) is 0.869. The van der Waals surface area contributed by atoms with Crippen molar-refractivity contribution in [3.05, 3.63) is 24.3 Å². The Morgan fingerprint density at radius 1 is 1.33 bits per heavy atom. The first kappa shape index (κ1) is 15.3. The van der Waals surface area contributed by atoms with Crippen LogP contribution in [0.5, 0.6) is 0 Å². The zero-order valence-electron chi connectivity index (χ0n) is 13.6. The van der Waals surface area contributed by atoms with Gasteiger partial charge < -0.3 is 18.8 Å². The monoisotopic (exact) mass is 327 g/mol. The van der Waals surface area contributed by atoms with Gasteiger partial charge in [-0.15, -0.1) is 6.42 Å². The maximum Gasteiger partial charge on any atom is 0.236 e. The van der Waals surface area contributed by atoms with Crippen LogP contribution in [0.25, 0.3) is 11.0 Å². The Kier molecular flexibility index (Phi) is 3.25. The van der Waals surface area contributed by atoms with Crippen molar-refractivity contribution >= 4 is 16.8 Å². The molecule has 0 aromatic carbocycles. The van der Waals surface area contributed by atoms with Crippen molar-refractivity contribution in [1.82, 2.24) is 14.5 Å². The second-order valence-corrected chi connectivity index (χ2v) is 6.44. The number of rotatable bonds is 2. The van der Waals surface area contributed by atoms with E-state index in [0.717, 1.165) is 11.1 Å². The van der Waals surface area contributed by atoms with Crippen LogP contribution >= 0.6 is 0 Å². The molecule has 0 saturated carbocycles. The summed E-state index contributed by atoms with van der Waals surface area (Å²) in [5, 5.41) is 0.919. The van der Waals surface area contributed by atoms with Gasteiger partial charge in [-0.3, -0.25) is 4.79 Å². The molecule has 4 atom stereocenters. The van der Waals surface area contributed by atoms with Gasteiger partial charge in [0.05, 0.1) is 5.69 Å². The number of aromatic nitrogens is 3. The first-order valence-electron chi connectivity index (χ1n) is 7.71. The van der Waals surface area contributed by atoms with Crippen molar-refractivity contribution < 1.29 is 19.0 Å². The molecule has 24 heavy (non-hydrogen) atoms. The fourth-order valence-corrected chi connectivity index (χ4v) is 3.40. The van der Waals surface area contributed by atoms with Crippen molar-refractivity contribution in [3.63, 3.8) is 0 Å². The van der Waals surface area contributed by atoms with Crippen LogP contribution in [-0.4, -0.2) is 44.4 Å². The van der Waals surface area contributed by atoms with E-state index in [-0.39, 0.29) is 0 Å². The van der Waals surface area contributed by atoms with E-state index in [0.29, 0.717) is 5.65 Å². The number of hydrogen-bond acceptors (Lipinski definition) is 6. The standard InChI is InChI=1S/C17H17N3O4/c1-5-11(21)12-13-14(24-17(3,4)23-13)16(22-12)20-7-6-10-9(2)18-8-19-15(10)20/h1,6-8,12-14,16H,2-4H3/t12-,13+,14+,16+/m0/s1. The highest BCUT2D eigenvalue weighted by Gasteiger charge is 2.57. The summed E-state index contributed by atoms with van der Waals surface area (Å²) in [6, 6.07) is 1.92. The summed E-state index contributed by atoms with van der Waals surface area (Å²) < 4.78 is 19.6. The second-order valence-electron chi connectivity index (χ2n) is 6.44. The van der Waals surface area contributed by atoms with E-state index in [9.17, 15) is 4.79 Å². The van der Waals surface area contributed by atoms with Crippen LogP contribution in [0.4, 0.5) is 0 Å². The van der Waals surface area contributed by atoms with Crippen molar-refractivity contribution in [2.75, 3.05) is 0 Å². The third kappa shape index (κ3) is 2.15. The lowest BCUT2D eigenvalue weighted by atomic mass is 10.1. The summed E-state index contributed by atoms with van der Waals surface area (Å²) in [6.07, 6.45) is 6.22. The highest BCUT2D eigenvalue weighted by atomic mass is 16.8. The maximum absolute atomic E-state index is 12.1. The van der Waals surface area contributed by atoms with E-state index in [1.807, 2.05) is 23.8 Å². The molecule has 2 aromatic rings. The molecule has 4 heterocycles. The van der Waals surface area contributed by atoms with Crippen LogP contribution in [-0.2, 0) is 19.0 Å². The molecule has 2 aromatic heterocycles. The number of hydrogen-bond donors (Lipinski definition) is 0. The predicted molar refractivity (Wildman–Crippen MR) is 83.8 cm³/mol. The third-order valence-corrected chi connectivity index (χ3v) is 4.41. The van der Waals surface area contributed by atoms with Crippen LogP contribution < -0.4 is 0 Å². The molecule has 7 heteroatoms. The number of aryl methyl sites for hydroxylation is 1. The van der Waals surface area contributed by atoms with Crippen molar-refractivity contribution in [2.45, 2.75) is 51.1 Å². The first-order chi connectivity index (χ1) is 11.4. The molecule has 2 aliphatic rings. The number of nitrogens with zero attached hydrogens (tertiary/aromatic N) is 3. The van der Waals surface area contributed by atoms with E-state index in [2.05, 4.69) is 15.9 Å². The molecule has 124 valence electrons. The Labute approximate surface area is 138 Å². The molecule has 0 amide bonds. The average molecular weight is 327 g/mol. The van der Waals surface area contributed by atoms with Gasteiger partial charge in [0.1, 0.15) is 24.2 Å². The van der Waals surface area contributed by atoms with Crippen LogP contribution in [0.3, 0.4) is 0 Å². The van der Waals surface area contributed by atoms with Gasteiger partial charge in [-0.1, -0.05) is 0 Å². The van der Waals surface area contributed by atoms with Crippen molar-refractivity contribution in [2.24, 2.45) is 0 Å². The summed E-state index contributed by atoms with van der Waals surface area (Å²) >= 11 is 0. The zero-order valence-corrected chi connectivity index (χ0v) is 13.6. The molecule has 7 nitrogen and oxygen atoms in total. The molecule has 0 unspecified atom stereocenters. The largest absolute Gasteiger partial charge is 0.341 e. The molecular weight excluding hydrogens is 310 g/mol. The van der Waals surface area contributed by atoms with Crippen LogP contribution in [0.2, 0.25) is 0 Å². The molecule has 0 aliphatic carbocycles. The molecular formula is C17H17N3O4. The van der Waals surface area contributed by atoms with Gasteiger partial charge in [-0.05, 0) is 32.8 Å². The summed E-state index contributed by atoms with van der Waals surface area (Å²) in [4.78, 5) is 20.6. The molecule has 0 bridgehead atoms. The number of carbonyl (C=O) groups excluding carboxylic acids is 1. The number of carbonyl (C=O) groups is 1. The number of ether oxygens (including phenoxy) is 3. The van der Waals surface area contributed by atoms with Crippen LogP contribution in [0.15, 0.2) is 18.6 Å². The smallest absolute Gasteiger partial charge is 0.236 e. The number of terminal acetylenes is 1. The van der Waals surface area contributed by atoms with Crippen LogP contribution in [0, 0.1) is 19.3 Å². The predicted octanol–water partition coefficient (Wildman–Crippen LogP) is 1.36. The van der Waals surface area contributed by atoms with E-state index in [1.54, 1.807) is 13.8 Å². The highest BCUT2D eigenvalue weighted by Crippen LogP contribution is 2.44. The van der Waals surface area contributed by atoms with Gasteiger partial charge in [0.2, 0.25) is 5.78 Å². The average Bonchev–Trinajstić information content (AvgIpc) is 3.18. The SMILES string of the molecule is C#CC(=O)[C@@H]1O[C@@H](n2ccc3c(C)ncnc32)[C@@H]2OC(C)(C)O[C@@H]21. The quantitative estimate of drug-likeness (QED) is 0.612. The minimum atomic E-state index is -0.854. The van der Waals surface area contributed by atoms with Crippen LogP contribution in [0.1, 0.15) is 25.8 Å². The van der Waals surface area contributed by atoms with E-state index in [4.69, 9.17) is 20.6 Å². The highest BCUT2D eigenvalue weighted by molar-refractivity contribution is 5.99. The van der Waals surface area contributed by atoms with Gasteiger partial charge in [0.25, 0.3) is 0 Å². The summed E-state index contributed by atoms with van der Waals surface area (Å²) in [5.41, 5.74) is 1.59. The third-order valence-electron chi connectivity index (χ3n) is 4.41. The van der Waals surface area contributed by atoms with Gasteiger partial charge in [0.15, 0.2) is 18.1 Å². The zero-order chi connectivity index (χ0) is 17.1. The van der Waals surface area contributed by atoms with E-state index >= 15 is 0 Å². The normalized spacial score (nSPS) is 31.1. The topological polar surface area (TPSA) is 75.5 Å². The fraction of sp³-hybridized carbons (Fsp3) is 0.471. The van der Waals surface area contributed by atoms with Crippen molar-refractivity contribution in [1.29, 1.82) is 0 Å². The molecule has 2 aliphatic heterocycles. The van der Waals surface area contributed by atoms with Gasteiger partial charge in [-0.25, -0.2) is 9.97 Å². The Morgan fingerprint density at radius 3 is 2.83 bits per heavy atom. The second kappa shape index (κ2) is 5.11. The molecule has 0 N–H and O–H groups in total. The Morgan fingerprint density at radius 2 is 2.08 bits per heavy atom. The van der Waals surface area contributed by atoms with Gasteiger partial charge in [0, 0.05) is 11.6 Å².